The molecule has 56 heavy (non-hydrogen) atoms. The first kappa shape index (κ1) is 35.9. The Kier molecular flexibility index (Phi) is 10.4. The van der Waals surface area contributed by atoms with Crippen LogP contribution in [0, 0.1) is 23.7 Å². The number of halogens is 2. The third-order valence-corrected chi connectivity index (χ3v) is 13.1. The molecule has 0 saturated heterocycles. The lowest BCUT2D eigenvalue weighted by molar-refractivity contribution is 1.59. The molecule has 2 heterocycles. The highest BCUT2D eigenvalue weighted by atomic mass is 79.9. The summed E-state index contributed by atoms with van der Waals surface area (Å²) < 4.78 is 4.66. The molecule has 0 aliphatic carbocycles. The van der Waals surface area contributed by atoms with Crippen molar-refractivity contribution in [3.05, 3.63) is 213 Å². The van der Waals surface area contributed by atoms with E-state index in [-0.39, 0.29) is 0 Å². The molecule has 0 spiro atoms. The van der Waals surface area contributed by atoms with Gasteiger partial charge in [0, 0.05) is 50.4 Å². The predicted octanol–water partition coefficient (Wildman–Crippen LogP) is 15.8. The van der Waals surface area contributed by atoms with Gasteiger partial charge in [0.25, 0.3) is 0 Å². The van der Waals surface area contributed by atoms with Crippen molar-refractivity contribution >= 4 is 96.3 Å². The van der Waals surface area contributed by atoms with Crippen molar-refractivity contribution in [3.63, 3.8) is 0 Å². The molecule has 0 fully saturated rings. The third-order valence-electron chi connectivity index (χ3n) is 9.47. The number of fused-ring (bicyclic) bond motifs is 4. The molecular weight excluding hydrogens is 849 g/mol. The summed E-state index contributed by atoms with van der Waals surface area (Å²) >= 11 is 11.1. The van der Waals surface area contributed by atoms with Crippen LogP contribution >= 0.6 is 54.5 Å². The van der Waals surface area contributed by atoms with E-state index in [9.17, 15) is 0 Å². The van der Waals surface area contributed by atoms with E-state index in [1.165, 1.54) is 51.8 Å². The maximum atomic E-state index is 3.66. The number of benzene rings is 8. The highest BCUT2D eigenvalue weighted by Crippen LogP contribution is 2.40. The highest BCUT2D eigenvalue weighted by Gasteiger charge is 2.10. The first-order valence-corrected chi connectivity index (χ1v) is 21.3. The molecule has 0 nitrogen and oxygen atoms in total. The van der Waals surface area contributed by atoms with Crippen molar-refractivity contribution in [2.45, 2.75) is 0 Å². The fourth-order valence-corrected chi connectivity index (χ4v) is 9.74. The summed E-state index contributed by atoms with van der Waals surface area (Å²) in [4.78, 5) is 2.66. The average Bonchev–Trinajstić information content (AvgIpc) is 3.86. The van der Waals surface area contributed by atoms with Crippen molar-refractivity contribution in [3.8, 4) is 44.6 Å². The fourth-order valence-electron chi connectivity index (χ4n) is 6.62. The Labute approximate surface area is 351 Å². The lowest BCUT2D eigenvalue weighted by Gasteiger charge is -2.05. The van der Waals surface area contributed by atoms with Crippen LogP contribution in [-0.4, -0.2) is 0 Å². The topological polar surface area (TPSA) is 0 Å². The maximum absolute atomic E-state index is 3.66. The number of hydrogen-bond acceptors (Lipinski definition) is 2. The first-order chi connectivity index (χ1) is 27.5. The average molecular weight is 879 g/mol. The second-order valence-electron chi connectivity index (χ2n) is 13.3. The zero-order valence-corrected chi connectivity index (χ0v) is 34.7. The molecule has 10 rings (SSSR count). The van der Waals surface area contributed by atoms with Crippen molar-refractivity contribution in [1.82, 2.24) is 0 Å². The quantitative estimate of drug-likeness (QED) is 0.152. The van der Waals surface area contributed by atoms with Gasteiger partial charge in [0.05, 0.1) is 0 Å². The third kappa shape index (κ3) is 7.98. The summed E-state index contributed by atoms with van der Waals surface area (Å²) in [6.45, 7) is 0. The molecule has 0 amide bonds. The lowest BCUT2D eigenvalue weighted by Crippen LogP contribution is -1.85. The maximum Gasteiger partial charge on any atom is 0.0397 e. The molecule has 8 aromatic carbocycles. The smallest absolute Gasteiger partial charge is 0.0397 e. The van der Waals surface area contributed by atoms with Crippen LogP contribution in [0.15, 0.2) is 191 Å². The summed E-state index contributed by atoms with van der Waals surface area (Å²) in [6.07, 6.45) is 0. The lowest BCUT2D eigenvalue weighted by atomic mass is 10.0. The fraction of sp³-hybridized carbons (Fsp3) is 0. The zero-order chi connectivity index (χ0) is 37.8. The van der Waals surface area contributed by atoms with Crippen molar-refractivity contribution in [2.24, 2.45) is 0 Å². The molecule has 0 N–H and O–H groups in total. The van der Waals surface area contributed by atoms with Crippen molar-refractivity contribution in [1.29, 1.82) is 0 Å². The van der Waals surface area contributed by atoms with Gasteiger partial charge >= 0.3 is 0 Å². The van der Waals surface area contributed by atoms with E-state index in [1.807, 2.05) is 83.3 Å². The van der Waals surface area contributed by atoms with E-state index < -0.39 is 0 Å². The van der Waals surface area contributed by atoms with Gasteiger partial charge in [0.15, 0.2) is 0 Å². The Morgan fingerprint density at radius 1 is 0.321 bits per heavy atom. The van der Waals surface area contributed by atoms with Crippen LogP contribution in [0.3, 0.4) is 0 Å². The van der Waals surface area contributed by atoms with E-state index in [2.05, 4.69) is 177 Å². The summed E-state index contributed by atoms with van der Waals surface area (Å²) in [7, 11) is 0. The Morgan fingerprint density at radius 2 is 0.679 bits per heavy atom. The standard InChI is InChI=1S/C26H14Br2.C26H16S2/c27-25-17-24-16-22(14-12-20-9-5-2-6-10-20)26(28)18-23(24)15-21(25)13-11-19-7-3-1-4-8-19;1-3-7-17(8-4-1)23-15-21-11-19-14-26-22(12-20(19)13-25(21)27-23)16-24(28-26)18-9-5-2-6-10-18/h1-10,15-18H;1-16H. The molecule has 0 bridgehead atoms. The Hall–Kier alpha value is -5.72. The molecule has 4 heteroatoms. The first-order valence-electron chi connectivity index (χ1n) is 18.1. The minimum Gasteiger partial charge on any atom is -0.135 e. The monoisotopic (exact) mass is 876 g/mol. The Morgan fingerprint density at radius 3 is 1.07 bits per heavy atom. The number of rotatable bonds is 2. The largest absolute Gasteiger partial charge is 0.135 e. The summed E-state index contributed by atoms with van der Waals surface area (Å²) in [5.41, 5.74) is 6.52. The molecule has 0 aliphatic rings. The van der Waals surface area contributed by atoms with Crippen LogP contribution in [0.25, 0.3) is 62.6 Å². The van der Waals surface area contributed by atoms with E-state index >= 15 is 0 Å². The van der Waals surface area contributed by atoms with Gasteiger partial charge in [-0.05, 0) is 160 Å². The summed E-state index contributed by atoms with van der Waals surface area (Å²) in [5.74, 6) is 13.0. The molecular formula is C52H30Br2S2. The van der Waals surface area contributed by atoms with Crippen LogP contribution in [0.1, 0.15) is 22.3 Å². The molecule has 2 aromatic heterocycles. The molecule has 0 unspecified atom stereocenters. The van der Waals surface area contributed by atoms with Gasteiger partial charge in [-0.1, -0.05) is 121 Å². The SMILES string of the molecule is Brc1cc2cc(C#Cc3ccccc3)c(Br)cc2cc1C#Cc1ccccc1.c1ccc(-c2cc3cc4cc5sc(-c6ccccc6)cc5cc4cc3s2)cc1. The molecule has 264 valence electrons. The van der Waals surface area contributed by atoms with Crippen LogP contribution in [0.4, 0.5) is 0 Å². The Bertz CT molecular complexity index is 2860. The van der Waals surface area contributed by atoms with Gasteiger partial charge < -0.3 is 0 Å². The van der Waals surface area contributed by atoms with Gasteiger partial charge in [-0.2, -0.15) is 0 Å². The Balaban J connectivity index is 0.000000146. The number of thiophene rings is 2. The van der Waals surface area contributed by atoms with Gasteiger partial charge in [-0.25, -0.2) is 0 Å². The predicted molar refractivity (Wildman–Crippen MR) is 250 cm³/mol. The summed E-state index contributed by atoms with van der Waals surface area (Å²) in [5, 5.41) is 7.54. The highest BCUT2D eigenvalue weighted by molar-refractivity contribution is 9.10. The van der Waals surface area contributed by atoms with Gasteiger partial charge in [0.2, 0.25) is 0 Å². The van der Waals surface area contributed by atoms with Crippen LogP contribution in [0.2, 0.25) is 0 Å². The van der Waals surface area contributed by atoms with Crippen molar-refractivity contribution < 1.29 is 0 Å². The van der Waals surface area contributed by atoms with E-state index in [0.29, 0.717) is 0 Å². The van der Waals surface area contributed by atoms with Gasteiger partial charge in [0.1, 0.15) is 0 Å². The summed E-state index contributed by atoms with van der Waals surface area (Å²) in [6, 6.07) is 63.8. The van der Waals surface area contributed by atoms with E-state index in [1.54, 1.807) is 0 Å². The molecule has 0 saturated carbocycles. The van der Waals surface area contributed by atoms with Crippen LogP contribution < -0.4 is 0 Å². The molecule has 0 atom stereocenters. The second kappa shape index (κ2) is 16.2. The minimum absolute atomic E-state index is 0.964. The number of hydrogen-bond donors (Lipinski definition) is 0. The minimum atomic E-state index is 0.964. The van der Waals surface area contributed by atoms with E-state index in [4.69, 9.17) is 0 Å². The van der Waals surface area contributed by atoms with Crippen LogP contribution in [0.5, 0.6) is 0 Å². The van der Waals surface area contributed by atoms with Gasteiger partial charge in [-0.15, -0.1) is 22.7 Å². The second-order valence-corrected chi connectivity index (χ2v) is 17.2. The molecule has 0 radical (unpaired) electrons. The van der Waals surface area contributed by atoms with Crippen LogP contribution in [-0.2, 0) is 0 Å². The van der Waals surface area contributed by atoms with Crippen molar-refractivity contribution in [2.75, 3.05) is 0 Å². The van der Waals surface area contributed by atoms with Gasteiger partial charge in [-0.3, -0.25) is 0 Å². The molecule has 0 aliphatic heterocycles. The van der Waals surface area contributed by atoms with E-state index in [0.717, 1.165) is 42.0 Å². The molecule has 10 aromatic rings. The zero-order valence-electron chi connectivity index (χ0n) is 29.9. The normalized spacial score (nSPS) is 10.8.